The van der Waals surface area contributed by atoms with Gasteiger partial charge < -0.3 is 20.5 Å². The maximum atomic E-state index is 12.8. The van der Waals surface area contributed by atoms with Gasteiger partial charge in [-0.3, -0.25) is 9.69 Å². The summed E-state index contributed by atoms with van der Waals surface area (Å²) in [6.07, 6.45) is -0.580. The zero-order chi connectivity index (χ0) is 24.3. The van der Waals surface area contributed by atoms with Crippen LogP contribution in [0, 0.1) is 0 Å². The van der Waals surface area contributed by atoms with Crippen molar-refractivity contribution in [3.8, 4) is 0 Å². The van der Waals surface area contributed by atoms with E-state index in [9.17, 15) is 14.7 Å². The van der Waals surface area contributed by atoms with Gasteiger partial charge in [-0.1, -0.05) is 27.5 Å². The molecule has 0 fully saturated rings. The maximum absolute atomic E-state index is 12.8. The van der Waals surface area contributed by atoms with Crippen LogP contribution in [0.15, 0.2) is 22.7 Å². The molecule has 2 rings (SSSR count). The lowest BCUT2D eigenvalue weighted by molar-refractivity contribution is -0.117. The van der Waals surface area contributed by atoms with E-state index in [4.69, 9.17) is 16.3 Å². The monoisotopic (exact) mass is 528 g/mol. The minimum absolute atomic E-state index is 0.0857. The summed E-state index contributed by atoms with van der Waals surface area (Å²) in [7, 11) is 0. The van der Waals surface area contributed by atoms with Gasteiger partial charge in [0, 0.05) is 22.9 Å². The molecule has 2 amide bonds. The van der Waals surface area contributed by atoms with E-state index < -0.39 is 23.2 Å². The molecule has 2 aromatic rings. The van der Waals surface area contributed by atoms with Gasteiger partial charge in [-0.25, -0.2) is 9.78 Å². The lowest BCUT2D eigenvalue weighted by atomic mass is 10.1. The van der Waals surface area contributed by atoms with E-state index in [-0.39, 0.29) is 23.9 Å². The Morgan fingerprint density at radius 1 is 1.22 bits per heavy atom. The number of benzene rings is 1. The van der Waals surface area contributed by atoms with Gasteiger partial charge in [-0.15, -0.1) is 0 Å². The molecule has 1 aromatic heterocycles. The molecule has 0 saturated carbocycles. The predicted octanol–water partition coefficient (Wildman–Crippen LogP) is 5.03. The van der Waals surface area contributed by atoms with Crippen LogP contribution in [0.5, 0.6) is 0 Å². The molecule has 176 valence electrons. The average Bonchev–Trinajstić information content (AvgIpc) is 2.63. The van der Waals surface area contributed by atoms with Crippen molar-refractivity contribution >= 4 is 61.8 Å². The number of carbonyl (C=O) groups is 2. The summed E-state index contributed by atoms with van der Waals surface area (Å²) >= 11 is 9.84. The fourth-order valence-corrected chi connectivity index (χ4v) is 3.38. The summed E-state index contributed by atoms with van der Waals surface area (Å²) in [5.41, 5.74) is -0.257. The molecule has 0 saturated heterocycles. The molecule has 1 heterocycles. The van der Waals surface area contributed by atoms with Crippen LogP contribution in [0.1, 0.15) is 41.5 Å². The Hall–Kier alpha value is -2.10. The number of rotatable bonds is 7. The number of ether oxygens (including phenoxy) is 1. The fourth-order valence-electron chi connectivity index (χ4n) is 2.79. The minimum Gasteiger partial charge on any atom is -0.444 e. The molecule has 0 bridgehead atoms. The summed E-state index contributed by atoms with van der Waals surface area (Å²) in [6, 6.07) is 5.49. The number of nitrogens with one attached hydrogen (secondary N) is 2. The first-order chi connectivity index (χ1) is 14.7. The molecule has 0 radical (unpaired) electrons. The Balaban J connectivity index is 2.35. The number of hydrogen-bond acceptors (Lipinski definition) is 6. The van der Waals surface area contributed by atoms with Crippen molar-refractivity contribution in [3.05, 3.63) is 27.8 Å². The van der Waals surface area contributed by atoms with Gasteiger partial charge in [0.1, 0.15) is 17.8 Å². The minimum atomic E-state index is -1.01. The van der Waals surface area contributed by atoms with E-state index in [1.54, 1.807) is 41.5 Å². The zero-order valence-electron chi connectivity index (χ0n) is 19.2. The molecule has 3 N–H and O–H groups in total. The molecule has 0 atom stereocenters. The van der Waals surface area contributed by atoms with Crippen LogP contribution in [0.4, 0.5) is 16.2 Å². The van der Waals surface area contributed by atoms with Crippen LogP contribution >= 0.6 is 27.5 Å². The zero-order valence-corrected chi connectivity index (χ0v) is 21.5. The molecule has 10 heteroatoms. The first-order valence-electron chi connectivity index (χ1n) is 10.2. The molecule has 0 aliphatic heterocycles. The van der Waals surface area contributed by atoms with E-state index in [1.807, 2.05) is 18.2 Å². The third kappa shape index (κ3) is 7.50. The smallest absolute Gasteiger partial charge is 0.410 e. The highest BCUT2D eigenvalue weighted by Crippen LogP contribution is 2.37. The molecular formula is C22H30BrClN4O4. The highest BCUT2D eigenvalue weighted by molar-refractivity contribution is 9.10. The summed E-state index contributed by atoms with van der Waals surface area (Å²) in [4.78, 5) is 30.9. The molecule has 8 nitrogen and oxygen atoms in total. The number of pyridine rings is 1. The van der Waals surface area contributed by atoms with Crippen molar-refractivity contribution in [1.82, 2.24) is 9.88 Å². The molecule has 0 spiro atoms. The van der Waals surface area contributed by atoms with Crippen molar-refractivity contribution in [1.29, 1.82) is 0 Å². The molecule has 32 heavy (non-hydrogen) atoms. The average molecular weight is 530 g/mol. The highest BCUT2D eigenvalue weighted by Gasteiger charge is 2.24. The van der Waals surface area contributed by atoms with Crippen molar-refractivity contribution in [2.45, 2.75) is 52.7 Å². The number of fused-ring (bicyclic) bond motifs is 1. The summed E-state index contributed by atoms with van der Waals surface area (Å²) in [6.45, 7) is 10.7. The summed E-state index contributed by atoms with van der Waals surface area (Å²) in [5, 5.41) is 16.9. The van der Waals surface area contributed by atoms with Crippen LogP contribution in [-0.4, -0.2) is 57.8 Å². The Morgan fingerprint density at radius 3 is 2.44 bits per heavy atom. The lowest BCUT2D eigenvalue weighted by Crippen LogP contribution is -2.41. The predicted molar refractivity (Wildman–Crippen MR) is 131 cm³/mol. The van der Waals surface area contributed by atoms with Gasteiger partial charge in [-0.05, 0) is 59.7 Å². The van der Waals surface area contributed by atoms with Crippen LogP contribution < -0.4 is 10.6 Å². The van der Waals surface area contributed by atoms with Crippen LogP contribution in [0.3, 0.4) is 0 Å². The van der Waals surface area contributed by atoms with Gasteiger partial charge in [-0.2, -0.15) is 0 Å². The third-order valence-corrected chi connectivity index (χ3v) is 5.00. The van der Waals surface area contributed by atoms with Gasteiger partial charge in [0.25, 0.3) is 0 Å². The number of hydrogen-bond donors (Lipinski definition) is 3. The molecule has 0 aliphatic rings. The first kappa shape index (κ1) is 26.2. The molecule has 0 unspecified atom stereocenters. The normalized spacial score (nSPS) is 11.9. The van der Waals surface area contributed by atoms with E-state index in [0.717, 1.165) is 9.86 Å². The molecule has 1 aromatic carbocycles. The summed E-state index contributed by atoms with van der Waals surface area (Å²) < 4.78 is 6.19. The Bertz CT molecular complexity index is 1000. The second-order valence-corrected chi connectivity index (χ2v) is 10.3. The number of halogens is 2. The number of aliphatic hydroxyl groups is 1. The number of likely N-dealkylation sites (N-methyl/N-ethyl adjacent to an activating group) is 1. The number of aromatic nitrogens is 1. The van der Waals surface area contributed by atoms with Crippen molar-refractivity contribution in [2.75, 3.05) is 30.3 Å². The van der Waals surface area contributed by atoms with E-state index in [0.29, 0.717) is 17.7 Å². The fraction of sp³-hybridized carbons (Fsp3) is 0.500. The topological polar surface area (TPSA) is 104 Å². The Morgan fingerprint density at radius 2 is 1.88 bits per heavy atom. The van der Waals surface area contributed by atoms with Gasteiger partial charge in [0.15, 0.2) is 5.15 Å². The molecular weight excluding hydrogens is 500 g/mol. The van der Waals surface area contributed by atoms with Gasteiger partial charge in [0.2, 0.25) is 5.91 Å². The van der Waals surface area contributed by atoms with Gasteiger partial charge >= 0.3 is 6.09 Å². The lowest BCUT2D eigenvalue weighted by Gasteiger charge is -2.26. The van der Waals surface area contributed by atoms with Crippen molar-refractivity contribution < 1.29 is 19.4 Å². The second-order valence-electron chi connectivity index (χ2n) is 9.02. The highest BCUT2D eigenvalue weighted by atomic mass is 79.9. The van der Waals surface area contributed by atoms with E-state index in [1.165, 1.54) is 4.90 Å². The van der Waals surface area contributed by atoms with Gasteiger partial charge in [0.05, 0.1) is 16.8 Å². The SMILES string of the molecule is CCN(CC(=O)Nc1c(Cl)nc2cc(Br)ccc2c1NCC(C)(C)O)C(=O)OC(C)(C)C. The third-order valence-electron chi connectivity index (χ3n) is 4.23. The first-order valence-corrected chi connectivity index (χ1v) is 11.4. The Kier molecular flexibility index (Phi) is 8.36. The largest absolute Gasteiger partial charge is 0.444 e. The number of nitrogens with zero attached hydrogens (tertiary/aromatic N) is 2. The standard InChI is InChI=1S/C22H30BrClN4O4/c1-7-28(20(30)32-21(2,3)4)11-16(29)27-18-17(25-12-22(5,6)31)14-9-8-13(23)10-15(14)26-19(18)24/h8-10,31H,7,11-12H2,1-6H3,(H,25,26)(H,27,29). The number of anilines is 2. The van der Waals surface area contributed by atoms with Crippen molar-refractivity contribution in [2.24, 2.45) is 0 Å². The van der Waals surface area contributed by atoms with E-state index >= 15 is 0 Å². The van der Waals surface area contributed by atoms with E-state index in [2.05, 4.69) is 31.5 Å². The quantitative estimate of drug-likeness (QED) is 0.435. The van der Waals surface area contributed by atoms with Crippen LogP contribution in [0.25, 0.3) is 10.9 Å². The second kappa shape index (κ2) is 10.2. The van der Waals surface area contributed by atoms with Crippen LogP contribution in [-0.2, 0) is 9.53 Å². The van der Waals surface area contributed by atoms with Crippen molar-refractivity contribution in [3.63, 3.8) is 0 Å². The number of carbonyl (C=O) groups excluding carboxylic acids is 2. The Labute approximate surface area is 201 Å². The van der Waals surface area contributed by atoms with Crippen LogP contribution in [0.2, 0.25) is 5.15 Å². The maximum Gasteiger partial charge on any atom is 0.410 e. The summed E-state index contributed by atoms with van der Waals surface area (Å²) in [5.74, 6) is -0.454. The number of amides is 2. The molecule has 0 aliphatic carbocycles.